The number of nitrogens with zero attached hydrogens (tertiary/aromatic N) is 3. The zero-order chi connectivity index (χ0) is 19.4. The molecular formula is C18H18N4O5. The number of esters is 1. The predicted octanol–water partition coefficient (Wildman–Crippen LogP) is 2.36. The number of aryl methyl sites for hydroxylation is 1. The highest BCUT2D eigenvalue weighted by atomic mass is 16.6. The topological polar surface area (TPSA) is 108 Å². The molecule has 0 saturated carbocycles. The lowest BCUT2D eigenvalue weighted by Gasteiger charge is -2.11. The Balaban J connectivity index is 1.71. The van der Waals surface area contributed by atoms with E-state index in [1.165, 1.54) is 18.7 Å². The second-order valence-corrected chi connectivity index (χ2v) is 5.69. The minimum atomic E-state index is -1.07. The second kappa shape index (κ2) is 7.73. The van der Waals surface area contributed by atoms with Crippen LogP contribution in [-0.4, -0.2) is 40.0 Å². The zero-order valence-electron chi connectivity index (χ0n) is 15.0. The van der Waals surface area contributed by atoms with Crippen LogP contribution in [0.15, 0.2) is 47.1 Å². The first-order chi connectivity index (χ1) is 13.0. The SMILES string of the molecule is COc1cn(-c2ccccc2)nc1C(=O)O[C@H](C)C(=O)Nc1cc(C)on1. The Bertz CT molecular complexity index is 948. The van der Waals surface area contributed by atoms with Gasteiger partial charge in [-0.1, -0.05) is 23.4 Å². The van der Waals surface area contributed by atoms with E-state index in [4.69, 9.17) is 14.0 Å². The summed E-state index contributed by atoms with van der Waals surface area (Å²) < 4.78 is 16.8. The molecule has 0 saturated heterocycles. The summed E-state index contributed by atoms with van der Waals surface area (Å²) in [4.78, 5) is 24.6. The van der Waals surface area contributed by atoms with Gasteiger partial charge in [-0.2, -0.15) is 5.10 Å². The summed E-state index contributed by atoms with van der Waals surface area (Å²) in [6.07, 6.45) is 0.496. The smallest absolute Gasteiger partial charge is 0.363 e. The Kier molecular flexibility index (Phi) is 5.20. The van der Waals surface area contributed by atoms with Crippen molar-refractivity contribution in [2.24, 2.45) is 0 Å². The third-order valence-corrected chi connectivity index (χ3v) is 3.65. The molecule has 0 bridgehead atoms. The van der Waals surface area contributed by atoms with Gasteiger partial charge in [0.15, 0.2) is 17.7 Å². The Morgan fingerprint density at radius 2 is 2.00 bits per heavy atom. The minimum absolute atomic E-state index is 0.0294. The fourth-order valence-electron chi connectivity index (χ4n) is 2.28. The zero-order valence-corrected chi connectivity index (χ0v) is 15.0. The number of carbonyl (C=O) groups is 2. The molecule has 0 aliphatic heterocycles. The molecule has 9 heteroatoms. The average Bonchev–Trinajstić information content (AvgIpc) is 3.28. The molecule has 0 spiro atoms. The molecular weight excluding hydrogens is 352 g/mol. The van der Waals surface area contributed by atoms with Crippen molar-refractivity contribution < 1.29 is 23.6 Å². The molecule has 3 rings (SSSR count). The fourth-order valence-corrected chi connectivity index (χ4v) is 2.28. The van der Waals surface area contributed by atoms with Gasteiger partial charge in [-0.25, -0.2) is 9.48 Å². The number of carbonyl (C=O) groups excluding carboxylic acids is 2. The highest BCUT2D eigenvalue weighted by Gasteiger charge is 2.25. The van der Waals surface area contributed by atoms with Crippen molar-refractivity contribution in [1.82, 2.24) is 14.9 Å². The maximum atomic E-state index is 12.4. The standard InChI is InChI=1S/C18H18N4O5/c1-11-9-15(21-27-11)19-17(23)12(2)26-18(24)16-14(25-3)10-22(20-16)13-7-5-4-6-8-13/h4-10,12H,1-3H3,(H,19,21,23)/t12-/m1/s1. The summed E-state index contributed by atoms with van der Waals surface area (Å²) in [6, 6.07) is 10.8. The molecule has 140 valence electrons. The first kappa shape index (κ1) is 18.2. The lowest BCUT2D eigenvalue weighted by atomic mass is 10.3. The monoisotopic (exact) mass is 370 g/mol. The van der Waals surface area contributed by atoms with Gasteiger partial charge in [-0.3, -0.25) is 4.79 Å². The van der Waals surface area contributed by atoms with E-state index < -0.39 is 18.0 Å². The number of para-hydroxylation sites is 1. The van der Waals surface area contributed by atoms with Crippen LogP contribution in [-0.2, 0) is 9.53 Å². The van der Waals surface area contributed by atoms with E-state index in [2.05, 4.69) is 15.6 Å². The van der Waals surface area contributed by atoms with E-state index in [9.17, 15) is 9.59 Å². The number of benzene rings is 1. The van der Waals surface area contributed by atoms with Gasteiger partial charge in [0.05, 0.1) is 19.0 Å². The molecule has 0 fully saturated rings. The van der Waals surface area contributed by atoms with Crippen molar-refractivity contribution in [3.8, 4) is 11.4 Å². The number of amides is 1. The lowest BCUT2D eigenvalue weighted by Crippen LogP contribution is -2.30. The number of nitrogens with one attached hydrogen (secondary N) is 1. The van der Waals surface area contributed by atoms with E-state index in [0.717, 1.165) is 5.69 Å². The van der Waals surface area contributed by atoms with Crippen LogP contribution in [0, 0.1) is 6.92 Å². The molecule has 2 aromatic heterocycles. The highest BCUT2D eigenvalue weighted by molar-refractivity contribution is 5.97. The van der Waals surface area contributed by atoms with Crippen LogP contribution in [0.2, 0.25) is 0 Å². The van der Waals surface area contributed by atoms with E-state index in [0.29, 0.717) is 5.76 Å². The average molecular weight is 370 g/mol. The van der Waals surface area contributed by atoms with Crippen molar-refractivity contribution in [3.05, 3.63) is 54.0 Å². The van der Waals surface area contributed by atoms with Crippen molar-refractivity contribution in [2.45, 2.75) is 20.0 Å². The largest absolute Gasteiger partial charge is 0.493 e. The molecule has 0 aliphatic rings. The number of ether oxygens (including phenoxy) is 2. The molecule has 1 N–H and O–H groups in total. The molecule has 1 aromatic carbocycles. The van der Waals surface area contributed by atoms with Gasteiger partial charge in [-0.15, -0.1) is 0 Å². The number of hydrogen-bond acceptors (Lipinski definition) is 7. The molecule has 1 amide bonds. The Labute approximate surface area is 154 Å². The van der Waals surface area contributed by atoms with Gasteiger partial charge in [0.1, 0.15) is 5.76 Å². The molecule has 3 aromatic rings. The van der Waals surface area contributed by atoms with Crippen LogP contribution in [0.25, 0.3) is 5.69 Å². The van der Waals surface area contributed by atoms with E-state index >= 15 is 0 Å². The fraction of sp³-hybridized carbons (Fsp3) is 0.222. The number of rotatable bonds is 6. The van der Waals surface area contributed by atoms with Crippen LogP contribution in [0.3, 0.4) is 0 Å². The van der Waals surface area contributed by atoms with Crippen molar-refractivity contribution >= 4 is 17.7 Å². The van der Waals surface area contributed by atoms with Gasteiger partial charge in [0.2, 0.25) is 5.69 Å². The van der Waals surface area contributed by atoms with Crippen LogP contribution < -0.4 is 10.1 Å². The Morgan fingerprint density at radius 1 is 1.26 bits per heavy atom. The summed E-state index contributed by atoms with van der Waals surface area (Å²) in [6.45, 7) is 3.14. The molecule has 27 heavy (non-hydrogen) atoms. The lowest BCUT2D eigenvalue weighted by molar-refractivity contribution is -0.123. The van der Waals surface area contributed by atoms with Gasteiger partial charge in [-0.05, 0) is 26.0 Å². The molecule has 0 unspecified atom stereocenters. The Morgan fingerprint density at radius 3 is 2.63 bits per heavy atom. The molecule has 0 radical (unpaired) electrons. The highest BCUT2D eigenvalue weighted by Crippen LogP contribution is 2.21. The van der Waals surface area contributed by atoms with Crippen molar-refractivity contribution in [3.63, 3.8) is 0 Å². The number of hydrogen-bond donors (Lipinski definition) is 1. The van der Waals surface area contributed by atoms with Gasteiger partial charge in [0.25, 0.3) is 5.91 Å². The van der Waals surface area contributed by atoms with Gasteiger partial charge >= 0.3 is 5.97 Å². The number of anilines is 1. The first-order valence-electron chi connectivity index (χ1n) is 8.12. The van der Waals surface area contributed by atoms with Crippen molar-refractivity contribution in [2.75, 3.05) is 12.4 Å². The van der Waals surface area contributed by atoms with E-state index in [1.807, 2.05) is 30.3 Å². The maximum absolute atomic E-state index is 12.4. The summed E-state index contributed by atoms with van der Waals surface area (Å²) in [5.41, 5.74) is 0.723. The normalized spacial score (nSPS) is 11.7. The van der Waals surface area contributed by atoms with Crippen LogP contribution >= 0.6 is 0 Å². The number of aromatic nitrogens is 3. The minimum Gasteiger partial charge on any atom is -0.493 e. The third-order valence-electron chi connectivity index (χ3n) is 3.65. The van der Waals surface area contributed by atoms with E-state index in [1.54, 1.807) is 19.2 Å². The van der Waals surface area contributed by atoms with Crippen molar-refractivity contribution in [1.29, 1.82) is 0 Å². The molecule has 1 atom stereocenters. The predicted molar refractivity (Wildman–Crippen MR) is 94.9 cm³/mol. The first-order valence-corrected chi connectivity index (χ1v) is 8.12. The number of methoxy groups -OCH3 is 1. The van der Waals surface area contributed by atoms with Gasteiger partial charge in [0, 0.05) is 6.07 Å². The maximum Gasteiger partial charge on any atom is 0.363 e. The molecule has 2 heterocycles. The van der Waals surface area contributed by atoms with Crippen LogP contribution in [0.5, 0.6) is 5.75 Å². The quantitative estimate of drug-likeness (QED) is 0.664. The summed E-state index contributed by atoms with van der Waals surface area (Å²) in [5, 5.41) is 10.4. The third kappa shape index (κ3) is 4.14. The molecule has 9 nitrogen and oxygen atoms in total. The Hall–Kier alpha value is -3.62. The van der Waals surface area contributed by atoms with E-state index in [-0.39, 0.29) is 17.3 Å². The summed E-state index contributed by atoms with van der Waals surface area (Å²) >= 11 is 0. The van der Waals surface area contributed by atoms with Crippen LogP contribution in [0.1, 0.15) is 23.2 Å². The summed E-state index contributed by atoms with van der Waals surface area (Å²) in [5.74, 6) is -0.292. The van der Waals surface area contributed by atoms with Crippen LogP contribution in [0.4, 0.5) is 5.82 Å². The van der Waals surface area contributed by atoms with Gasteiger partial charge < -0.3 is 19.3 Å². The summed E-state index contributed by atoms with van der Waals surface area (Å²) in [7, 11) is 1.42. The second-order valence-electron chi connectivity index (χ2n) is 5.69. The molecule has 0 aliphatic carbocycles.